The topological polar surface area (TPSA) is 66.4 Å². The third kappa shape index (κ3) is 4.01. The Kier molecular flexibility index (Phi) is 5.61. The molecule has 0 heterocycles. The van der Waals surface area contributed by atoms with E-state index < -0.39 is 36.0 Å². The quantitative estimate of drug-likeness (QED) is 0.841. The summed E-state index contributed by atoms with van der Waals surface area (Å²) in [6.07, 6.45) is 0.0318. The number of benzene rings is 1. The van der Waals surface area contributed by atoms with Gasteiger partial charge in [-0.15, -0.1) is 0 Å². The number of aliphatic carboxylic acids is 1. The molecule has 110 valence electrons. The summed E-state index contributed by atoms with van der Waals surface area (Å²) in [4.78, 5) is 22.8. The zero-order valence-electron chi connectivity index (χ0n) is 11.3. The molecular weight excluding hydrogens is 268 g/mol. The van der Waals surface area contributed by atoms with Gasteiger partial charge in [0.25, 0.3) is 0 Å². The summed E-state index contributed by atoms with van der Waals surface area (Å²) in [5.41, 5.74) is -0.363. The largest absolute Gasteiger partial charge is 0.480 e. The van der Waals surface area contributed by atoms with Crippen molar-refractivity contribution in [2.75, 3.05) is 0 Å². The predicted octanol–water partition coefficient (Wildman–Crippen LogP) is 2.12. The number of amides is 1. The number of rotatable bonds is 6. The van der Waals surface area contributed by atoms with Crippen molar-refractivity contribution in [3.05, 3.63) is 35.4 Å². The lowest BCUT2D eigenvalue weighted by molar-refractivity contribution is -0.143. The van der Waals surface area contributed by atoms with Gasteiger partial charge in [-0.2, -0.15) is 0 Å². The number of carbonyl (C=O) groups excluding carboxylic acids is 1. The summed E-state index contributed by atoms with van der Waals surface area (Å²) in [6, 6.07) is 2.23. The fourth-order valence-corrected chi connectivity index (χ4v) is 1.77. The summed E-state index contributed by atoms with van der Waals surface area (Å²) in [5.74, 6) is -3.81. The Hall–Kier alpha value is -1.98. The molecule has 6 heteroatoms. The number of carboxylic acid groups (broad SMARTS) is 1. The van der Waals surface area contributed by atoms with Gasteiger partial charge in [0.15, 0.2) is 0 Å². The van der Waals surface area contributed by atoms with Crippen LogP contribution in [-0.2, 0) is 16.0 Å². The number of halogens is 2. The molecule has 0 saturated heterocycles. The van der Waals surface area contributed by atoms with Gasteiger partial charge >= 0.3 is 5.97 Å². The van der Waals surface area contributed by atoms with Crippen LogP contribution in [0.5, 0.6) is 0 Å². The summed E-state index contributed by atoms with van der Waals surface area (Å²) >= 11 is 0. The van der Waals surface area contributed by atoms with E-state index in [1.165, 1.54) is 6.07 Å². The van der Waals surface area contributed by atoms with Crippen LogP contribution < -0.4 is 5.32 Å². The molecule has 1 aromatic rings. The number of hydrogen-bond donors (Lipinski definition) is 2. The lowest BCUT2D eigenvalue weighted by Crippen LogP contribution is -2.45. The van der Waals surface area contributed by atoms with Crippen molar-refractivity contribution in [1.82, 2.24) is 5.32 Å². The number of carboxylic acids is 1. The molecule has 0 spiro atoms. The van der Waals surface area contributed by atoms with E-state index in [1.807, 2.05) is 0 Å². The standard InChI is InChI=1S/C14H17F2NO3/c1-3-8(2)13(14(19)20)17-12(18)7-9-10(15)5-4-6-11(9)16/h4-6,8,13H,3,7H2,1-2H3,(H,17,18)(H,19,20)/t8?,13-/m0/s1. The van der Waals surface area contributed by atoms with Crippen molar-refractivity contribution in [1.29, 1.82) is 0 Å². The average Bonchev–Trinajstić information content (AvgIpc) is 2.39. The van der Waals surface area contributed by atoms with Crippen LogP contribution in [-0.4, -0.2) is 23.0 Å². The Labute approximate surface area is 115 Å². The Bertz CT molecular complexity index is 485. The van der Waals surface area contributed by atoms with Crippen LogP contribution in [0.15, 0.2) is 18.2 Å². The van der Waals surface area contributed by atoms with Crippen LogP contribution in [0.4, 0.5) is 8.78 Å². The summed E-state index contributed by atoms with van der Waals surface area (Å²) in [5, 5.41) is 11.3. The van der Waals surface area contributed by atoms with Crippen molar-refractivity contribution in [3.8, 4) is 0 Å². The minimum Gasteiger partial charge on any atom is -0.480 e. The number of nitrogens with one attached hydrogen (secondary N) is 1. The van der Waals surface area contributed by atoms with Crippen LogP contribution in [0, 0.1) is 17.6 Å². The lowest BCUT2D eigenvalue weighted by Gasteiger charge is -2.20. The maximum Gasteiger partial charge on any atom is 0.326 e. The summed E-state index contributed by atoms with van der Waals surface area (Å²) < 4.78 is 26.8. The maximum absolute atomic E-state index is 13.4. The van der Waals surface area contributed by atoms with Crippen molar-refractivity contribution in [2.45, 2.75) is 32.7 Å². The first-order chi connectivity index (χ1) is 9.36. The normalized spacial score (nSPS) is 13.6. The second-order valence-corrected chi connectivity index (χ2v) is 4.65. The molecule has 2 N–H and O–H groups in total. The van der Waals surface area contributed by atoms with Crippen LogP contribution in [0.1, 0.15) is 25.8 Å². The van der Waals surface area contributed by atoms with E-state index in [0.717, 1.165) is 12.1 Å². The lowest BCUT2D eigenvalue weighted by atomic mass is 9.99. The molecular formula is C14H17F2NO3. The van der Waals surface area contributed by atoms with Crippen LogP contribution in [0.2, 0.25) is 0 Å². The molecule has 0 radical (unpaired) electrons. The maximum atomic E-state index is 13.4. The van der Waals surface area contributed by atoms with Crippen LogP contribution in [0.3, 0.4) is 0 Å². The summed E-state index contributed by atoms with van der Waals surface area (Å²) in [7, 11) is 0. The Morgan fingerprint density at radius 3 is 2.30 bits per heavy atom. The van der Waals surface area contributed by atoms with Gasteiger partial charge in [-0.1, -0.05) is 26.3 Å². The third-order valence-electron chi connectivity index (χ3n) is 3.19. The van der Waals surface area contributed by atoms with Gasteiger partial charge in [0, 0.05) is 5.56 Å². The predicted molar refractivity (Wildman–Crippen MR) is 69.1 cm³/mol. The SMILES string of the molecule is CCC(C)[C@H](NC(=O)Cc1c(F)cccc1F)C(=O)O. The molecule has 1 unspecified atom stereocenters. The van der Waals surface area contributed by atoms with Crippen molar-refractivity contribution in [3.63, 3.8) is 0 Å². The second kappa shape index (κ2) is 6.98. The van der Waals surface area contributed by atoms with Gasteiger partial charge in [-0.3, -0.25) is 4.79 Å². The molecule has 0 aromatic heterocycles. The molecule has 1 aromatic carbocycles. The first-order valence-corrected chi connectivity index (χ1v) is 6.31. The van der Waals surface area contributed by atoms with Gasteiger partial charge in [-0.25, -0.2) is 13.6 Å². The zero-order chi connectivity index (χ0) is 15.3. The van der Waals surface area contributed by atoms with Crippen LogP contribution >= 0.6 is 0 Å². The van der Waals surface area contributed by atoms with Crippen LogP contribution in [0.25, 0.3) is 0 Å². The molecule has 0 aliphatic rings. The van der Waals surface area contributed by atoms with E-state index in [9.17, 15) is 18.4 Å². The molecule has 4 nitrogen and oxygen atoms in total. The summed E-state index contributed by atoms with van der Waals surface area (Å²) in [6.45, 7) is 3.48. The van der Waals surface area contributed by atoms with Gasteiger partial charge in [-0.05, 0) is 18.1 Å². The molecule has 0 saturated carbocycles. The highest BCUT2D eigenvalue weighted by Crippen LogP contribution is 2.13. The highest BCUT2D eigenvalue weighted by molar-refractivity contribution is 5.85. The second-order valence-electron chi connectivity index (χ2n) is 4.65. The fourth-order valence-electron chi connectivity index (χ4n) is 1.77. The Balaban J connectivity index is 2.79. The van der Waals surface area contributed by atoms with Gasteiger partial charge in [0.2, 0.25) is 5.91 Å². The molecule has 2 atom stereocenters. The van der Waals surface area contributed by atoms with E-state index in [-0.39, 0.29) is 11.5 Å². The van der Waals surface area contributed by atoms with Crippen molar-refractivity contribution >= 4 is 11.9 Å². The minimum absolute atomic E-state index is 0.276. The zero-order valence-corrected chi connectivity index (χ0v) is 11.3. The van der Waals surface area contributed by atoms with E-state index in [2.05, 4.69) is 5.32 Å². The molecule has 1 amide bonds. The van der Waals surface area contributed by atoms with E-state index in [0.29, 0.717) is 6.42 Å². The van der Waals surface area contributed by atoms with E-state index >= 15 is 0 Å². The minimum atomic E-state index is -1.17. The van der Waals surface area contributed by atoms with Crippen molar-refractivity contribution < 1.29 is 23.5 Å². The Morgan fingerprint density at radius 2 is 1.85 bits per heavy atom. The monoisotopic (exact) mass is 285 g/mol. The third-order valence-corrected chi connectivity index (χ3v) is 3.19. The van der Waals surface area contributed by atoms with Gasteiger partial charge in [0.05, 0.1) is 6.42 Å². The molecule has 0 fully saturated rings. The highest BCUT2D eigenvalue weighted by atomic mass is 19.1. The smallest absolute Gasteiger partial charge is 0.326 e. The molecule has 0 bridgehead atoms. The average molecular weight is 285 g/mol. The van der Waals surface area contributed by atoms with E-state index in [1.54, 1.807) is 13.8 Å². The molecule has 1 rings (SSSR count). The first kappa shape index (κ1) is 16.1. The number of carbonyl (C=O) groups is 2. The molecule has 0 aliphatic heterocycles. The first-order valence-electron chi connectivity index (χ1n) is 6.31. The number of hydrogen-bond acceptors (Lipinski definition) is 2. The van der Waals surface area contributed by atoms with E-state index in [4.69, 9.17) is 5.11 Å². The molecule has 0 aliphatic carbocycles. The molecule has 20 heavy (non-hydrogen) atoms. The van der Waals surface area contributed by atoms with Gasteiger partial charge in [0.1, 0.15) is 17.7 Å². The van der Waals surface area contributed by atoms with Gasteiger partial charge < -0.3 is 10.4 Å². The fraction of sp³-hybridized carbons (Fsp3) is 0.429. The Morgan fingerprint density at radius 1 is 1.30 bits per heavy atom. The highest BCUT2D eigenvalue weighted by Gasteiger charge is 2.26. The van der Waals surface area contributed by atoms with Crippen molar-refractivity contribution in [2.24, 2.45) is 5.92 Å².